The van der Waals surface area contributed by atoms with Crippen LogP contribution in [0.25, 0.3) is 0 Å². The molecule has 1 unspecified atom stereocenters. The van der Waals surface area contributed by atoms with Crippen LogP contribution >= 0.6 is 0 Å². The van der Waals surface area contributed by atoms with Crippen molar-refractivity contribution >= 4 is 0 Å². The second-order valence-corrected chi connectivity index (χ2v) is 3.47. The van der Waals surface area contributed by atoms with Crippen molar-refractivity contribution in [3.05, 3.63) is 35.9 Å². The second-order valence-electron chi connectivity index (χ2n) is 3.47. The minimum Gasteiger partial charge on any atom is -0.393 e. The van der Waals surface area contributed by atoms with E-state index in [4.69, 9.17) is 4.74 Å². The van der Waals surface area contributed by atoms with Crippen molar-refractivity contribution < 1.29 is 9.84 Å². The van der Waals surface area contributed by atoms with Gasteiger partial charge in [-0.3, -0.25) is 0 Å². The minimum atomic E-state index is -0.415. The Morgan fingerprint density at radius 3 is 2.62 bits per heavy atom. The highest BCUT2D eigenvalue weighted by atomic mass is 16.5. The average Bonchev–Trinajstić information content (AvgIpc) is 2.69. The maximum absolute atomic E-state index is 9.34. The van der Waals surface area contributed by atoms with Crippen molar-refractivity contribution in [2.24, 2.45) is 0 Å². The lowest BCUT2D eigenvalue weighted by atomic mass is 9.92. The van der Waals surface area contributed by atoms with Crippen molar-refractivity contribution in [2.75, 3.05) is 13.2 Å². The summed E-state index contributed by atoms with van der Waals surface area (Å²) in [7, 11) is 0. The molecule has 70 valence electrons. The van der Waals surface area contributed by atoms with E-state index in [0.717, 1.165) is 25.0 Å². The van der Waals surface area contributed by atoms with E-state index in [1.165, 1.54) is 0 Å². The summed E-state index contributed by atoms with van der Waals surface area (Å²) < 4.78 is 5.63. The number of hydrogen-bond donors (Lipinski definition) is 1. The first kappa shape index (κ1) is 8.73. The summed E-state index contributed by atoms with van der Waals surface area (Å²) in [5.41, 5.74) is 0.677. The van der Waals surface area contributed by atoms with Gasteiger partial charge in [0.05, 0.1) is 6.61 Å². The highest BCUT2D eigenvalue weighted by molar-refractivity contribution is 5.23. The third-order valence-corrected chi connectivity index (χ3v) is 2.66. The molecule has 0 radical (unpaired) electrons. The normalized spacial score (nSPS) is 27.8. The van der Waals surface area contributed by atoms with Crippen LogP contribution < -0.4 is 0 Å². The highest BCUT2D eigenvalue weighted by Crippen LogP contribution is 2.35. The quantitative estimate of drug-likeness (QED) is 0.746. The van der Waals surface area contributed by atoms with Crippen LogP contribution in [0.3, 0.4) is 0 Å². The fourth-order valence-electron chi connectivity index (χ4n) is 1.88. The monoisotopic (exact) mass is 178 g/mol. The predicted molar refractivity (Wildman–Crippen MR) is 50.4 cm³/mol. The number of benzene rings is 1. The zero-order valence-corrected chi connectivity index (χ0v) is 7.57. The van der Waals surface area contributed by atoms with Crippen molar-refractivity contribution in [3.8, 4) is 0 Å². The molecule has 1 aliphatic rings. The van der Waals surface area contributed by atoms with Crippen LogP contribution in [0.5, 0.6) is 0 Å². The molecule has 0 saturated carbocycles. The smallest absolute Gasteiger partial charge is 0.116 e. The van der Waals surface area contributed by atoms with Gasteiger partial charge in [0.2, 0.25) is 0 Å². The van der Waals surface area contributed by atoms with Gasteiger partial charge < -0.3 is 9.84 Å². The summed E-state index contributed by atoms with van der Waals surface area (Å²) in [6.07, 6.45) is 1.96. The molecule has 1 N–H and O–H groups in total. The van der Waals surface area contributed by atoms with E-state index < -0.39 is 5.60 Å². The average molecular weight is 178 g/mol. The van der Waals surface area contributed by atoms with Gasteiger partial charge in [-0.1, -0.05) is 30.3 Å². The Morgan fingerprint density at radius 2 is 2.08 bits per heavy atom. The molecule has 1 heterocycles. The molecule has 1 saturated heterocycles. The lowest BCUT2D eigenvalue weighted by molar-refractivity contribution is -0.0429. The van der Waals surface area contributed by atoms with E-state index in [1.54, 1.807) is 0 Å². The number of aliphatic hydroxyl groups is 1. The van der Waals surface area contributed by atoms with Gasteiger partial charge in [0.25, 0.3) is 0 Å². The molecular weight excluding hydrogens is 164 g/mol. The van der Waals surface area contributed by atoms with E-state index in [0.29, 0.717) is 0 Å². The number of ether oxygens (including phenoxy) is 1. The first-order valence-corrected chi connectivity index (χ1v) is 4.68. The van der Waals surface area contributed by atoms with Gasteiger partial charge in [-0.15, -0.1) is 0 Å². The largest absolute Gasteiger partial charge is 0.393 e. The van der Waals surface area contributed by atoms with Gasteiger partial charge in [-0.05, 0) is 18.4 Å². The van der Waals surface area contributed by atoms with Crippen LogP contribution in [0.1, 0.15) is 18.4 Å². The minimum absolute atomic E-state index is 0.0804. The van der Waals surface area contributed by atoms with Crippen molar-refractivity contribution in [1.82, 2.24) is 0 Å². The van der Waals surface area contributed by atoms with Gasteiger partial charge in [-0.25, -0.2) is 0 Å². The molecule has 1 aliphatic heterocycles. The first-order chi connectivity index (χ1) is 6.37. The van der Waals surface area contributed by atoms with E-state index in [-0.39, 0.29) is 6.61 Å². The Bertz CT molecular complexity index is 263. The third kappa shape index (κ3) is 1.47. The van der Waals surface area contributed by atoms with Crippen LogP contribution in [0.2, 0.25) is 0 Å². The molecule has 0 spiro atoms. The number of rotatable bonds is 2. The Morgan fingerprint density at radius 1 is 1.31 bits per heavy atom. The molecule has 2 nitrogen and oxygen atoms in total. The SMILES string of the molecule is OCC1(c2ccccc2)CCCO1. The molecule has 2 rings (SSSR count). The Balaban J connectivity index is 2.31. The van der Waals surface area contributed by atoms with E-state index in [9.17, 15) is 5.11 Å². The standard InChI is InChI=1S/C11H14O2/c12-9-11(7-4-8-13-11)10-5-2-1-3-6-10/h1-3,5-6,12H,4,7-9H2. The summed E-state index contributed by atoms with van der Waals surface area (Å²) >= 11 is 0. The summed E-state index contributed by atoms with van der Waals surface area (Å²) in [6.45, 7) is 0.840. The van der Waals surface area contributed by atoms with Crippen molar-refractivity contribution in [1.29, 1.82) is 0 Å². The fourth-order valence-corrected chi connectivity index (χ4v) is 1.88. The van der Waals surface area contributed by atoms with Gasteiger partial charge in [0.15, 0.2) is 0 Å². The summed E-state index contributed by atoms with van der Waals surface area (Å²) in [5.74, 6) is 0. The second kappa shape index (κ2) is 3.48. The molecule has 1 fully saturated rings. The van der Waals surface area contributed by atoms with Crippen molar-refractivity contribution in [3.63, 3.8) is 0 Å². The molecule has 2 heteroatoms. The molecular formula is C11H14O2. The molecule has 1 aromatic carbocycles. The molecule has 13 heavy (non-hydrogen) atoms. The van der Waals surface area contributed by atoms with Gasteiger partial charge in [0, 0.05) is 6.61 Å². The van der Waals surface area contributed by atoms with Crippen LogP contribution in [-0.4, -0.2) is 18.3 Å². The Labute approximate surface area is 78.2 Å². The number of aliphatic hydroxyl groups excluding tert-OH is 1. The third-order valence-electron chi connectivity index (χ3n) is 2.66. The lowest BCUT2D eigenvalue weighted by Gasteiger charge is -2.26. The van der Waals surface area contributed by atoms with Crippen molar-refractivity contribution in [2.45, 2.75) is 18.4 Å². The van der Waals surface area contributed by atoms with Crippen LogP contribution in [0.15, 0.2) is 30.3 Å². The van der Waals surface area contributed by atoms with Gasteiger partial charge in [-0.2, -0.15) is 0 Å². The molecule has 0 aliphatic carbocycles. The molecule has 0 aromatic heterocycles. The Kier molecular flexibility index (Phi) is 2.34. The summed E-state index contributed by atoms with van der Waals surface area (Å²) in [4.78, 5) is 0. The maximum Gasteiger partial charge on any atom is 0.116 e. The van der Waals surface area contributed by atoms with E-state index in [2.05, 4.69) is 0 Å². The zero-order valence-electron chi connectivity index (χ0n) is 7.57. The predicted octanol–water partition coefficient (Wildman–Crippen LogP) is 1.68. The lowest BCUT2D eigenvalue weighted by Crippen LogP contribution is -2.29. The topological polar surface area (TPSA) is 29.5 Å². The maximum atomic E-state index is 9.34. The zero-order chi connectivity index (χ0) is 9.15. The molecule has 0 amide bonds. The summed E-state index contributed by atoms with van der Waals surface area (Å²) in [5, 5.41) is 9.34. The number of hydrogen-bond acceptors (Lipinski definition) is 2. The fraction of sp³-hybridized carbons (Fsp3) is 0.455. The molecule has 0 bridgehead atoms. The van der Waals surface area contributed by atoms with Crippen LogP contribution in [0.4, 0.5) is 0 Å². The molecule has 1 aromatic rings. The van der Waals surface area contributed by atoms with Crippen LogP contribution in [0, 0.1) is 0 Å². The summed E-state index contributed by atoms with van der Waals surface area (Å²) in [6, 6.07) is 9.97. The van der Waals surface area contributed by atoms with Crippen LogP contribution in [-0.2, 0) is 10.3 Å². The first-order valence-electron chi connectivity index (χ1n) is 4.68. The highest BCUT2D eigenvalue weighted by Gasteiger charge is 2.35. The van der Waals surface area contributed by atoms with E-state index >= 15 is 0 Å². The van der Waals surface area contributed by atoms with Gasteiger partial charge >= 0.3 is 0 Å². The van der Waals surface area contributed by atoms with Gasteiger partial charge in [0.1, 0.15) is 5.60 Å². The molecule has 1 atom stereocenters. The Hall–Kier alpha value is -0.860. The van der Waals surface area contributed by atoms with E-state index in [1.807, 2.05) is 30.3 Å².